The third-order valence-electron chi connectivity index (χ3n) is 3.40. The van der Waals surface area contributed by atoms with Crippen molar-refractivity contribution in [1.29, 1.82) is 0 Å². The van der Waals surface area contributed by atoms with Gasteiger partial charge in [0.15, 0.2) is 0 Å². The van der Waals surface area contributed by atoms with Crippen molar-refractivity contribution >= 4 is 0 Å². The topological polar surface area (TPSA) is 66.0 Å². The van der Waals surface area contributed by atoms with Crippen LogP contribution in [-0.2, 0) is 19.5 Å². The van der Waals surface area contributed by atoms with Crippen molar-refractivity contribution in [1.82, 2.24) is 15.0 Å². The van der Waals surface area contributed by atoms with Crippen LogP contribution < -0.4 is 10.5 Å². The van der Waals surface area contributed by atoms with Gasteiger partial charge in [-0.1, -0.05) is 36.8 Å². The molecule has 5 heteroatoms. The molecule has 114 valence electrons. The molecule has 0 radical (unpaired) electrons. The maximum atomic E-state index is 5.73. The summed E-state index contributed by atoms with van der Waals surface area (Å²) in [6.07, 6.45) is 4.20. The second kappa shape index (κ2) is 8.42. The Morgan fingerprint density at radius 3 is 2.71 bits per heavy atom. The van der Waals surface area contributed by atoms with Crippen molar-refractivity contribution in [2.24, 2.45) is 5.73 Å². The Bertz CT molecular complexity index is 524. The minimum Gasteiger partial charge on any atom is -0.494 e. The third-order valence-corrected chi connectivity index (χ3v) is 3.40. The number of aromatic nitrogens is 3. The lowest BCUT2D eigenvalue weighted by Gasteiger charge is -2.08. The van der Waals surface area contributed by atoms with E-state index in [2.05, 4.69) is 17.2 Å². The van der Waals surface area contributed by atoms with Crippen LogP contribution in [0.3, 0.4) is 0 Å². The molecular formula is C16H24N4O. The number of aryl methyl sites for hydroxylation is 1. The highest BCUT2D eigenvalue weighted by Crippen LogP contribution is 2.11. The zero-order valence-corrected chi connectivity index (χ0v) is 12.7. The van der Waals surface area contributed by atoms with Crippen molar-refractivity contribution in [3.63, 3.8) is 0 Å². The predicted molar refractivity (Wildman–Crippen MR) is 83.1 cm³/mol. The normalized spacial score (nSPS) is 10.8. The molecule has 0 bridgehead atoms. The fraction of sp³-hybridized carbons (Fsp3) is 0.500. The fourth-order valence-corrected chi connectivity index (χ4v) is 2.25. The fourth-order valence-electron chi connectivity index (χ4n) is 2.25. The predicted octanol–water partition coefficient (Wildman–Crippen LogP) is 2.55. The number of unbranched alkanes of at least 4 members (excludes halogenated alkanes) is 1. The second-order valence-electron chi connectivity index (χ2n) is 5.03. The van der Waals surface area contributed by atoms with E-state index in [9.17, 15) is 0 Å². The lowest BCUT2D eigenvalue weighted by atomic mass is 10.1. The highest BCUT2D eigenvalue weighted by molar-refractivity contribution is 5.20. The van der Waals surface area contributed by atoms with E-state index in [1.807, 2.05) is 35.0 Å². The smallest absolute Gasteiger partial charge is 0.119 e. The molecule has 0 saturated heterocycles. The zero-order chi connectivity index (χ0) is 14.9. The van der Waals surface area contributed by atoms with Gasteiger partial charge in [0, 0.05) is 19.5 Å². The lowest BCUT2D eigenvalue weighted by Crippen LogP contribution is -2.10. The average Bonchev–Trinajstić information content (AvgIpc) is 2.92. The Morgan fingerprint density at radius 2 is 2.00 bits per heavy atom. The van der Waals surface area contributed by atoms with Crippen molar-refractivity contribution in [3.8, 4) is 5.75 Å². The molecule has 21 heavy (non-hydrogen) atoms. The van der Waals surface area contributed by atoms with Crippen LogP contribution in [0.4, 0.5) is 0 Å². The molecular weight excluding hydrogens is 264 g/mol. The summed E-state index contributed by atoms with van der Waals surface area (Å²) in [5.41, 5.74) is 7.83. The van der Waals surface area contributed by atoms with Crippen molar-refractivity contribution in [2.75, 3.05) is 6.61 Å². The summed E-state index contributed by atoms with van der Waals surface area (Å²) in [7, 11) is 0. The molecule has 0 aliphatic rings. The monoisotopic (exact) mass is 288 g/mol. The van der Waals surface area contributed by atoms with E-state index in [-0.39, 0.29) is 0 Å². The van der Waals surface area contributed by atoms with E-state index >= 15 is 0 Å². The Kier molecular flexibility index (Phi) is 6.22. The van der Waals surface area contributed by atoms with Crippen LogP contribution in [0, 0.1) is 0 Å². The van der Waals surface area contributed by atoms with Gasteiger partial charge >= 0.3 is 0 Å². The summed E-state index contributed by atoms with van der Waals surface area (Å²) in [5, 5.41) is 8.39. The first-order chi connectivity index (χ1) is 10.3. The minimum absolute atomic E-state index is 0.458. The Morgan fingerprint density at radius 1 is 1.19 bits per heavy atom. The van der Waals surface area contributed by atoms with Gasteiger partial charge in [-0.25, -0.2) is 4.68 Å². The molecule has 1 aromatic carbocycles. The number of hydrogen-bond donors (Lipinski definition) is 1. The minimum atomic E-state index is 0.458. The lowest BCUT2D eigenvalue weighted by molar-refractivity contribution is 0.296. The first-order valence-corrected chi connectivity index (χ1v) is 7.64. The standard InChI is InChI=1S/C16H24N4O/c1-2-3-10-16-15(13-17)18-19-20(16)11-7-12-21-14-8-5-4-6-9-14/h4-6,8-9H,2-3,7,10-13,17H2,1H3. The zero-order valence-electron chi connectivity index (χ0n) is 12.7. The van der Waals surface area contributed by atoms with E-state index in [0.717, 1.165) is 43.7 Å². The van der Waals surface area contributed by atoms with Gasteiger partial charge in [-0.2, -0.15) is 0 Å². The van der Waals surface area contributed by atoms with Gasteiger partial charge in [-0.3, -0.25) is 0 Å². The number of benzene rings is 1. The van der Waals surface area contributed by atoms with E-state index in [1.165, 1.54) is 5.69 Å². The van der Waals surface area contributed by atoms with Gasteiger partial charge in [0.2, 0.25) is 0 Å². The molecule has 0 aliphatic carbocycles. The summed E-state index contributed by atoms with van der Waals surface area (Å²) in [6.45, 7) is 4.14. The van der Waals surface area contributed by atoms with Crippen LogP contribution >= 0.6 is 0 Å². The first-order valence-electron chi connectivity index (χ1n) is 7.64. The number of hydrogen-bond acceptors (Lipinski definition) is 4. The molecule has 0 aliphatic heterocycles. The summed E-state index contributed by atoms with van der Waals surface area (Å²) in [6, 6.07) is 9.87. The SMILES string of the molecule is CCCCc1c(CN)nnn1CCCOc1ccccc1. The highest BCUT2D eigenvalue weighted by atomic mass is 16.5. The van der Waals surface area contributed by atoms with E-state index in [4.69, 9.17) is 10.5 Å². The Balaban J connectivity index is 1.83. The largest absolute Gasteiger partial charge is 0.494 e. The maximum Gasteiger partial charge on any atom is 0.119 e. The quantitative estimate of drug-likeness (QED) is 0.720. The van der Waals surface area contributed by atoms with Gasteiger partial charge in [-0.15, -0.1) is 5.10 Å². The van der Waals surface area contributed by atoms with Crippen LogP contribution in [0.5, 0.6) is 5.75 Å². The number of nitrogens with zero attached hydrogens (tertiary/aromatic N) is 3. The number of nitrogens with two attached hydrogens (primary N) is 1. The average molecular weight is 288 g/mol. The molecule has 0 amide bonds. The van der Waals surface area contributed by atoms with Gasteiger partial charge in [0.05, 0.1) is 18.0 Å². The highest BCUT2D eigenvalue weighted by Gasteiger charge is 2.10. The summed E-state index contributed by atoms with van der Waals surface area (Å²) >= 11 is 0. The van der Waals surface area contributed by atoms with Crippen molar-refractivity contribution in [2.45, 2.75) is 45.7 Å². The van der Waals surface area contributed by atoms with Crippen LogP contribution in [0.15, 0.2) is 30.3 Å². The molecule has 2 aromatic rings. The molecule has 2 N–H and O–H groups in total. The number of ether oxygens (including phenoxy) is 1. The molecule has 0 saturated carbocycles. The first kappa shape index (κ1) is 15.5. The van der Waals surface area contributed by atoms with Crippen LogP contribution in [-0.4, -0.2) is 21.6 Å². The van der Waals surface area contributed by atoms with E-state index < -0.39 is 0 Å². The van der Waals surface area contributed by atoms with Gasteiger partial charge in [0.25, 0.3) is 0 Å². The molecule has 0 atom stereocenters. The van der Waals surface area contributed by atoms with E-state index in [0.29, 0.717) is 13.2 Å². The maximum absolute atomic E-state index is 5.73. The van der Waals surface area contributed by atoms with Crippen LogP contribution in [0.25, 0.3) is 0 Å². The van der Waals surface area contributed by atoms with Crippen molar-refractivity contribution < 1.29 is 4.74 Å². The second-order valence-corrected chi connectivity index (χ2v) is 5.03. The molecule has 2 rings (SSSR count). The summed E-state index contributed by atoms with van der Waals surface area (Å²) in [4.78, 5) is 0. The van der Waals surface area contributed by atoms with Crippen molar-refractivity contribution in [3.05, 3.63) is 41.7 Å². The Labute approximate surface area is 126 Å². The van der Waals surface area contributed by atoms with Gasteiger partial charge in [0.1, 0.15) is 5.75 Å². The van der Waals surface area contributed by atoms with Crippen LogP contribution in [0.1, 0.15) is 37.6 Å². The molecule has 5 nitrogen and oxygen atoms in total. The van der Waals surface area contributed by atoms with E-state index in [1.54, 1.807) is 0 Å². The molecule has 1 heterocycles. The number of para-hydroxylation sites is 1. The summed E-state index contributed by atoms with van der Waals surface area (Å²) < 4.78 is 7.67. The van der Waals surface area contributed by atoms with Gasteiger partial charge < -0.3 is 10.5 Å². The Hall–Kier alpha value is -1.88. The van der Waals surface area contributed by atoms with Crippen LogP contribution in [0.2, 0.25) is 0 Å². The third kappa shape index (κ3) is 4.56. The number of rotatable bonds is 9. The molecule has 0 unspecified atom stereocenters. The van der Waals surface area contributed by atoms with Gasteiger partial charge in [-0.05, 0) is 25.0 Å². The molecule has 1 aromatic heterocycles. The molecule has 0 fully saturated rings. The summed E-state index contributed by atoms with van der Waals surface area (Å²) in [5.74, 6) is 0.907. The molecule has 0 spiro atoms.